The van der Waals surface area contributed by atoms with Crippen LogP contribution in [0.15, 0.2) is 62.7 Å². The number of benzene rings is 2. The summed E-state index contributed by atoms with van der Waals surface area (Å²) in [4.78, 5) is 16.4. The van der Waals surface area contributed by atoms with E-state index in [-0.39, 0.29) is 24.4 Å². The Bertz CT molecular complexity index is 1180. The molecule has 0 bridgehead atoms. The fourth-order valence-electron chi connectivity index (χ4n) is 3.30. The van der Waals surface area contributed by atoms with E-state index in [9.17, 15) is 4.79 Å². The minimum atomic E-state index is -0.383. The number of hydrogen-bond acceptors (Lipinski definition) is 8. The summed E-state index contributed by atoms with van der Waals surface area (Å²) in [5.41, 5.74) is 4.06. The van der Waals surface area contributed by atoms with Crippen LogP contribution in [0.1, 0.15) is 18.2 Å². The van der Waals surface area contributed by atoms with Crippen LogP contribution in [0.4, 0.5) is 0 Å². The molecule has 1 atom stereocenters. The molecule has 4 aromatic rings. The number of oxazole rings is 1. The minimum Gasteiger partial charge on any atom is -0.490 e. The Morgan fingerprint density at radius 1 is 1.23 bits per heavy atom. The van der Waals surface area contributed by atoms with Gasteiger partial charge in [-0.3, -0.25) is 4.79 Å². The third kappa shape index (κ3) is 3.91. The highest BCUT2D eigenvalue weighted by molar-refractivity contribution is 7.99. The topological polar surface area (TPSA) is 87.6 Å². The number of ether oxygens (including phenoxy) is 2. The quantitative estimate of drug-likeness (QED) is 0.328. The van der Waals surface area contributed by atoms with Crippen LogP contribution in [0.25, 0.3) is 22.4 Å². The first-order chi connectivity index (χ1) is 14.6. The van der Waals surface area contributed by atoms with Gasteiger partial charge in [-0.25, -0.2) is 4.98 Å². The number of thioether (sulfide) groups is 1. The molecule has 0 saturated carbocycles. The molecule has 30 heavy (non-hydrogen) atoms. The van der Waals surface area contributed by atoms with Crippen molar-refractivity contribution in [1.29, 1.82) is 0 Å². The van der Waals surface area contributed by atoms with E-state index in [4.69, 9.17) is 18.4 Å². The van der Waals surface area contributed by atoms with E-state index in [1.807, 2.05) is 49.4 Å². The maximum Gasteiger partial charge on any atom is 0.316 e. The van der Waals surface area contributed by atoms with Gasteiger partial charge in [0.15, 0.2) is 11.3 Å². The van der Waals surface area contributed by atoms with Crippen molar-refractivity contribution in [2.75, 3.05) is 5.75 Å². The first kappa shape index (κ1) is 18.7. The van der Waals surface area contributed by atoms with Crippen LogP contribution >= 0.6 is 11.8 Å². The van der Waals surface area contributed by atoms with E-state index in [0.29, 0.717) is 22.3 Å². The van der Waals surface area contributed by atoms with Crippen molar-refractivity contribution < 1.29 is 23.2 Å². The molecule has 2 aromatic heterocycles. The number of nitrogens with zero attached hydrogens (tertiary/aromatic N) is 2. The molecule has 5 rings (SSSR count). The molecule has 0 saturated heterocycles. The molecule has 0 fully saturated rings. The van der Waals surface area contributed by atoms with Gasteiger partial charge in [-0.05, 0) is 30.7 Å². The second-order valence-corrected chi connectivity index (χ2v) is 7.96. The summed E-state index contributed by atoms with van der Waals surface area (Å²) in [6.07, 6.45) is 1.10. The number of carbonyl (C=O) groups is 1. The Hall–Kier alpha value is -3.26. The normalized spacial score (nSPS) is 15.2. The Labute approximate surface area is 176 Å². The monoisotopic (exact) mass is 422 g/mol. The lowest BCUT2D eigenvalue weighted by Gasteiger charge is -2.03. The maximum absolute atomic E-state index is 12.1. The molecule has 0 N–H and O–H groups in total. The van der Waals surface area contributed by atoms with E-state index in [2.05, 4.69) is 10.1 Å². The molecule has 8 heteroatoms. The average molecular weight is 422 g/mol. The van der Waals surface area contributed by atoms with Crippen molar-refractivity contribution in [1.82, 2.24) is 10.1 Å². The summed E-state index contributed by atoms with van der Waals surface area (Å²) in [6, 6.07) is 15.2. The maximum atomic E-state index is 12.1. The molecule has 0 spiro atoms. The van der Waals surface area contributed by atoms with Crippen molar-refractivity contribution in [3.63, 3.8) is 0 Å². The van der Waals surface area contributed by atoms with Crippen molar-refractivity contribution >= 4 is 28.8 Å². The Balaban J connectivity index is 1.16. The molecule has 0 aliphatic carbocycles. The lowest BCUT2D eigenvalue weighted by Crippen LogP contribution is -2.07. The Kier molecular flexibility index (Phi) is 4.92. The molecule has 1 unspecified atom stereocenters. The molecule has 2 aromatic carbocycles. The molecule has 7 nitrogen and oxygen atoms in total. The van der Waals surface area contributed by atoms with E-state index in [1.165, 1.54) is 17.3 Å². The molecule has 1 aliphatic rings. The zero-order valence-corrected chi connectivity index (χ0v) is 17.0. The Morgan fingerprint density at radius 3 is 3.03 bits per heavy atom. The molecule has 152 valence electrons. The summed E-state index contributed by atoms with van der Waals surface area (Å²) in [6.45, 7) is 2.08. The summed E-state index contributed by atoms with van der Waals surface area (Å²) < 4.78 is 22.1. The van der Waals surface area contributed by atoms with Crippen LogP contribution in [0.3, 0.4) is 0 Å². The molecule has 3 heterocycles. The highest BCUT2D eigenvalue weighted by Gasteiger charge is 2.20. The number of aromatic nitrogens is 2. The second-order valence-electron chi connectivity index (χ2n) is 7.03. The van der Waals surface area contributed by atoms with Crippen molar-refractivity contribution in [3.05, 3.63) is 59.8 Å². The van der Waals surface area contributed by atoms with Gasteiger partial charge in [0, 0.05) is 18.1 Å². The fraction of sp³-hybridized carbons (Fsp3) is 0.227. The van der Waals surface area contributed by atoms with Crippen molar-refractivity contribution in [2.45, 2.75) is 31.3 Å². The number of hydrogen-bond donors (Lipinski definition) is 0. The molecular formula is C22H18N2O5S. The van der Waals surface area contributed by atoms with Crippen LogP contribution in [0.2, 0.25) is 0 Å². The van der Waals surface area contributed by atoms with Crippen LogP contribution < -0.4 is 4.74 Å². The number of rotatable bonds is 6. The fourth-order valence-corrected chi connectivity index (χ4v) is 3.94. The van der Waals surface area contributed by atoms with E-state index in [0.717, 1.165) is 23.3 Å². The predicted octanol–water partition coefficient (Wildman–Crippen LogP) is 4.64. The summed E-state index contributed by atoms with van der Waals surface area (Å²) >= 11 is 1.19. The summed E-state index contributed by atoms with van der Waals surface area (Å²) in [5, 5.41) is 4.42. The second kappa shape index (κ2) is 7.87. The van der Waals surface area contributed by atoms with E-state index < -0.39 is 0 Å². The van der Waals surface area contributed by atoms with Gasteiger partial charge in [0.25, 0.3) is 5.22 Å². The van der Waals surface area contributed by atoms with Gasteiger partial charge in [0.05, 0.1) is 0 Å². The van der Waals surface area contributed by atoms with Crippen molar-refractivity contribution in [3.8, 4) is 17.1 Å². The van der Waals surface area contributed by atoms with E-state index >= 15 is 0 Å². The van der Waals surface area contributed by atoms with Gasteiger partial charge in [0.2, 0.25) is 0 Å². The zero-order valence-electron chi connectivity index (χ0n) is 16.2. The number of carbonyl (C=O) groups excluding carboxylic acids is 1. The highest BCUT2D eigenvalue weighted by Crippen LogP contribution is 2.33. The third-order valence-corrected chi connectivity index (χ3v) is 5.52. The first-order valence-electron chi connectivity index (χ1n) is 9.53. The summed E-state index contributed by atoms with van der Waals surface area (Å²) in [7, 11) is 0. The number of fused-ring (bicyclic) bond motifs is 2. The Morgan fingerprint density at radius 2 is 2.13 bits per heavy atom. The van der Waals surface area contributed by atoms with Gasteiger partial charge in [0.1, 0.15) is 35.4 Å². The standard InChI is InChI=1S/C22H18N2O5S/c1-13-8-14-6-7-15(9-19(14)27-13)20-10-16(24-29-20)11-26-21(25)12-30-22-23-17-4-2-3-5-18(17)28-22/h2-7,9-10,13H,8,11-12H2,1H3. The SMILES string of the molecule is CC1Cc2ccc(-c3cc(COC(=O)CSc4nc5ccccc5o4)no3)cc2O1. The highest BCUT2D eigenvalue weighted by atomic mass is 32.2. The zero-order chi connectivity index (χ0) is 20.5. The number of para-hydroxylation sites is 2. The molecule has 0 radical (unpaired) electrons. The minimum absolute atomic E-state index is 0.0366. The predicted molar refractivity (Wildman–Crippen MR) is 110 cm³/mol. The number of esters is 1. The lowest BCUT2D eigenvalue weighted by atomic mass is 10.1. The molecule has 1 aliphatic heterocycles. The van der Waals surface area contributed by atoms with Crippen LogP contribution in [0, 0.1) is 0 Å². The molecule has 0 amide bonds. The van der Waals surface area contributed by atoms with Gasteiger partial charge < -0.3 is 18.4 Å². The van der Waals surface area contributed by atoms with Crippen LogP contribution in [-0.4, -0.2) is 28.0 Å². The van der Waals surface area contributed by atoms with Gasteiger partial charge in [-0.2, -0.15) is 0 Å². The van der Waals surface area contributed by atoms with Crippen LogP contribution in [0.5, 0.6) is 5.75 Å². The van der Waals surface area contributed by atoms with Gasteiger partial charge in [-0.15, -0.1) is 0 Å². The van der Waals surface area contributed by atoms with Gasteiger partial charge >= 0.3 is 5.97 Å². The van der Waals surface area contributed by atoms with Crippen molar-refractivity contribution in [2.24, 2.45) is 0 Å². The van der Waals surface area contributed by atoms with E-state index in [1.54, 1.807) is 6.07 Å². The van der Waals surface area contributed by atoms with Crippen LogP contribution in [-0.2, 0) is 22.6 Å². The molecular weight excluding hydrogens is 404 g/mol. The first-order valence-corrected chi connectivity index (χ1v) is 10.5. The lowest BCUT2D eigenvalue weighted by molar-refractivity contribution is -0.141. The largest absolute Gasteiger partial charge is 0.490 e. The van der Waals surface area contributed by atoms with Gasteiger partial charge in [-0.1, -0.05) is 41.2 Å². The smallest absolute Gasteiger partial charge is 0.316 e. The third-order valence-electron chi connectivity index (χ3n) is 4.71. The average Bonchev–Trinajstić information content (AvgIpc) is 3.46. The summed E-state index contributed by atoms with van der Waals surface area (Å²) in [5.74, 6) is 1.19.